The first kappa shape index (κ1) is 10.5. The van der Waals surface area contributed by atoms with E-state index in [1.54, 1.807) is 11.3 Å². The van der Waals surface area contributed by atoms with Gasteiger partial charge >= 0.3 is 0 Å². The number of furan rings is 1. The van der Waals surface area contributed by atoms with Crippen molar-refractivity contribution in [2.75, 3.05) is 0 Å². The van der Waals surface area contributed by atoms with Crippen LogP contribution in [0, 0.1) is 20.8 Å². The van der Waals surface area contributed by atoms with Crippen molar-refractivity contribution in [2.24, 2.45) is 5.73 Å². The second-order valence-corrected chi connectivity index (χ2v) is 4.57. The Bertz CT molecular complexity index is 456. The molecule has 0 saturated heterocycles. The molecule has 15 heavy (non-hydrogen) atoms. The summed E-state index contributed by atoms with van der Waals surface area (Å²) in [6, 6.07) is 2.00. The van der Waals surface area contributed by atoms with Crippen molar-refractivity contribution in [3.05, 3.63) is 45.0 Å². The van der Waals surface area contributed by atoms with E-state index in [4.69, 9.17) is 10.2 Å². The van der Waals surface area contributed by atoms with E-state index in [1.165, 1.54) is 5.56 Å². The number of hydrogen-bond acceptors (Lipinski definition) is 3. The molecule has 0 saturated carbocycles. The summed E-state index contributed by atoms with van der Waals surface area (Å²) in [5, 5.41) is 4.14. The van der Waals surface area contributed by atoms with Crippen LogP contribution in [0.4, 0.5) is 0 Å². The minimum atomic E-state index is -0.0614. The lowest BCUT2D eigenvalue weighted by Gasteiger charge is -2.10. The molecule has 3 heteroatoms. The summed E-state index contributed by atoms with van der Waals surface area (Å²) in [6.45, 7) is 6.02. The average molecular weight is 221 g/mol. The van der Waals surface area contributed by atoms with Gasteiger partial charge in [0.25, 0.3) is 0 Å². The largest absolute Gasteiger partial charge is 0.466 e. The van der Waals surface area contributed by atoms with E-state index < -0.39 is 0 Å². The Morgan fingerprint density at radius 3 is 2.47 bits per heavy atom. The van der Waals surface area contributed by atoms with Crippen LogP contribution in [-0.2, 0) is 0 Å². The summed E-state index contributed by atoms with van der Waals surface area (Å²) in [5.74, 6) is 1.90. The minimum absolute atomic E-state index is 0.0614. The van der Waals surface area contributed by atoms with Crippen LogP contribution in [0.2, 0.25) is 0 Å². The summed E-state index contributed by atoms with van der Waals surface area (Å²) in [4.78, 5) is 0. The van der Waals surface area contributed by atoms with Gasteiger partial charge in [-0.2, -0.15) is 11.3 Å². The third kappa shape index (κ3) is 1.73. The summed E-state index contributed by atoms with van der Waals surface area (Å²) >= 11 is 1.67. The topological polar surface area (TPSA) is 39.2 Å². The van der Waals surface area contributed by atoms with E-state index in [0.29, 0.717) is 0 Å². The van der Waals surface area contributed by atoms with E-state index in [-0.39, 0.29) is 6.04 Å². The summed E-state index contributed by atoms with van der Waals surface area (Å²) in [5.41, 5.74) is 9.68. The molecule has 0 aliphatic carbocycles. The molecule has 2 N–H and O–H groups in total. The van der Waals surface area contributed by atoms with Crippen LogP contribution >= 0.6 is 11.3 Å². The normalized spacial score (nSPS) is 13.1. The van der Waals surface area contributed by atoms with Crippen LogP contribution in [0.15, 0.2) is 21.2 Å². The highest BCUT2D eigenvalue weighted by Gasteiger charge is 2.19. The summed E-state index contributed by atoms with van der Waals surface area (Å²) in [7, 11) is 0. The molecular weight excluding hydrogens is 206 g/mol. The van der Waals surface area contributed by atoms with Crippen molar-refractivity contribution >= 4 is 11.3 Å². The predicted molar refractivity (Wildman–Crippen MR) is 63.3 cm³/mol. The van der Waals surface area contributed by atoms with Crippen molar-refractivity contribution in [3.63, 3.8) is 0 Å². The Labute approximate surface area is 93.7 Å². The number of nitrogens with two attached hydrogens (primary N) is 1. The molecule has 0 amide bonds. The van der Waals surface area contributed by atoms with E-state index in [0.717, 1.165) is 22.6 Å². The monoisotopic (exact) mass is 221 g/mol. The molecule has 0 aliphatic rings. The molecule has 0 spiro atoms. The lowest BCUT2D eigenvalue weighted by atomic mass is 9.98. The molecule has 2 rings (SSSR count). The van der Waals surface area contributed by atoms with Gasteiger partial charge in [-0.25, -0.2) is 0 Å². The number of hydrogen-bond donors (Lipinski definition) is 1. The van der Waals surface area contributed by atoms with Crippen LogP contribution in [0.1, 0.15) is 34.3 Å². The number of rotatable bonds is 2. The van der Waals surface area contributed by atoms with Gasteiger partial charge in [-0.1, -0.05) is 0 Å². The molecule has 0 aromatic carbocycles. The molecule has 0 fully saturated rings. The minimum Gasteiger partial charge on any atom is -0.466 e. The molecule has 1 unspecified atom stereocenters. The van der Waals surface area contributed by atoms with E-state index >= 15 is 0 Å². The van der Waals surface area contributed by atoms with Gasteiger partial charge in [0.05, 0.1) is 6.04 Å². The highest BCUT2D eigenvalue weighted by molar-refractivity contribution is 7.08. The maximum atomic E-state index is 6.22. The molecule has 2 aromatic heterocycles. The van der Waals surface area contributed by atoms with Gasteiger partial charge < -0.3 is 10.2 Å². The number of thiophene rings is 1. The molecule has 2 aromatic rings. The standard InChI is InChI=1S/C12H15NOS/c1-7-8(2)14-9(3)11(7)12(13)10-4-5-15-6-10/h4-6,12H,13H2,1-3H3. The van der Waals surface area contributed by atoms with E-state index in [9.17, 15) is 0 Å². The number of aryl methyl sites for hydroxylation is 2. The van der Waals surface area contributed by atoms with Crippen LogP contribution in [-0.4, -0.2) is 0 Å². The van der Waals surface area contributed by atoms with Crippen LogP contribution in [0.5, 0.6) is 0 Å². The van der Waals surface area contributed by atoms with Gasteiger partial charge in [-0.15, -0.1) is 0 Å². The fraction of sp³-hybridized carbons (Fsp3) is 0.333. The third-order valence-electron chi connectivity index (χ3n) is 2.83. The van der Waals surface area contributed by atoms with E-state index in [2.05, 4.69) is 18.4 Å². The third-order valence-corrected chi connectivity index (χ3v) is 3.53. The van der Waals surface area contributed by atoms with Crippen LogP contribution in [0.25, 0.3) is 0 Å². The van der Waals surface area contributed by atoms with Crippen molar-refractivity contribution in [2.45, 2.75) is 26.8 Å². The summed E-state index contributed by atoms with van der Waals surface area (Å²) < 4.78 is 5.59. The Morgan fingerprint density at radius 1 is 1.27 bits per heavy atom. The smallest absolute Gasteiger partial charge is 0.106 e. The first-order valence-corrected chi connectivity index (χ1v) is 5.89. The zero-order valence-electron chi connectivity index (χ0n) is 9.20. The Morgan fingerprint density at radius 2 is 2.00 bits per heavy atom. The van der Waals surface area contributed by atoms with Crippen molar-refractivity contribution in [3.8, 4) is 0 Å². The molecule has 0 aliphatic heterocycles. The molecular formula is C12H15NOS. The zero-order chi connectivity index (χ0) is 11.0. The van der Waals surface area contributed by atoms with Crippen molar-refractivity contribution in [1.82, 2.24) is 0 Å². The molecule has 0 bridgehead atoms. The highest BCUT2D eigenvalue weighted by atomic mass is 32.1. The lowest BCUT2D eigenvalue weighted by Crippen LogP contribution is -2.12. The quantitative estimate of drug-likeness (QED) is 0.845. The van der Waals surface area contributed by atoms with Crippen molar-refractivity contribution < 1.29 is 4.42 Å². The fourth-order valence-corrected chi connectivity index (χ4v) is 2.58. The van der Waals surface area contributed by atoms with Gasteiger partial charge in [0.2, 0.25) is 0 Å². The average Bonchev–Trinajstić information content (AvgIpc) is 2.76. The van der Waals surface area contributed by atoms with Gasteiger partial charge in [-0.05, 0) is 48.7 Å². The van der Waals surface area contributed by atoms with Crippen LogP contribution < -0.4 is 5.73 Å². The maximum absolute atomic E-state index is 6.22. The van der Waals surface area contributed by atoms with Gasteiger partial charge in [-0.3, -0.25) is 0 Å². The van der Waals surface area contributed by atoms with Gasteiger partial charge in [0.15, 0.2) is 0 Å². The SMILES string of the molecule is Cc1oc(C)c(C(N)c2ccsc2)c1C. The zero-order valence-corrected chi connectivity index (χ0v) is 10.0. The Kier molecular flexibility index (Phi) is 2.67. The highest BCUT2D eigenvalue weighted by Crippen LogP contribution is 2.30. The predicted octanol–water partition coefficient (Wildman–Crippen LogP) is 3.31. The van der Waals surface area contributed by atoms with Gasteiger partial charge in [0, 0.05) is 5.56 Å². The first-order valence-electron chi connectivity index (χ1n) is 4.95. The molecule has 80 valence electrons. The molecule has 2 nitrogen and oxygen atoms in total. The van der Waals surface area contributed by atoms with Gasteiger partial charge in [0.1, 0.15) is 11.5 Å². The fourth-order valence-electron chi connectivity index (χ4n) is 1.89. The molecule has 0 radical (unpaired) electrons. The second kappa shape index (κ2) is 3.83. The Hall–Kier alpha value is -1.06. The molecule has 2 heterocycles. The van der Waals surface area contributed by atoms with E-state index in [1.807, 2.05) is 19.2 Å². The Balaban J connectivity index is 2.46. The maximum Gasteiger partial charge on any atom is 0.106 e. The van der Waals surface area contributed by atoms with Crippen molar-refractivity contribution in [1.29, 1.82) is 0 Å². The summed E-state index contributed by atoms with van der Waals surface area (Å²) in [6.07, 6.45) is 0. The first-order chi connectivity index (χ1) is 7.11. The van der Waals surface area contributed by atoms with Crippen LogP contribution in [0.3, 0.4) is 0 Å². The second-order valence-electron chi connectivity index (χ2n) is 3.79. The lowest BCUT2D eigenvalue weighted by molar-refractivity contribution is 0.498. The molecule has 1 atom stereocenters.